The van der Waals surface area contributed by atoms with Crippen LogP contribution in [0.15, 0.2) is 42.6 Å². The molecule has 0 saturated carbocycles. The summed E-state index contributed by atoms with van der Waals surface area (Å²) in [6.45, 7) is 1.64. The van der Waals surface area contributed by atoms with Crippen LogP contribution in [0.4, 0.5) is 16.0 Å². The van der Waals surface area contributed by atoms with E-state index in [9.17, 15) is 4.39 Å². The molecule has 1 saturated heterocycles. The van der Waals surface area contributed by atoms with E-state index in [0.717, 1.165) is 5.39 Å². The summed E-state index contributed by atoms with van der Waals surface area (Å²) < 4.78 is 36.5. The maximum absolute atomic E-state index is 13.1. The van der Waals surface area contributed by atoms with Gasteiger partial charge in [-0.3, -0.25) is 0 Å². The van der Waals surface area contributed by atoms with Gasteiger partial charge >= 0.3 is 0 Å². The molecule has 0 atom stereocenters. The Kier molecular flexibility index (Phi) is 5.94. The molecule has 152 valence electrons. The van der Waals surface area contributed by atoms with Gasteiger partial charge in [0.2, 0.25) is 5.95 Å². The first-order valence-electron chi connectivity index (χ1n) is 9.06. The fourth-order valence-electron chi connectivity index (χ4n) is 2.92. The first kappa shape index (κ1) is 19.6. The third kappa shape index (κ3) is 4.50. The number of fused-ring (bicyclic) bond motifs is 1. The third-order valence-corrected chi connectivity index (χ3v) is 4.73. The molecule has 0 N–H and O–H groups in total. The lowest BCUT2D eigenvalue weighted by atomic mass is 10.2. The van der Waals surface area contributed by atoms with E-state index >= 15 is 0 Å². The number of aromatic nitrogens is 2. The van der Waals surface area contributed by atoms with Crippen molar-refractivity contribution in [2.24, 2.45) is 0 Å². The fraction of sp³-hybridized carbons (Fsp3) is 0.300. The smallest absolute Gasteiger partial charge is 0.245 e. The lowest BCUT2D eigenvalue weighted by Gasteiger charge is -2.16. The van der Waals surface area contributed by atoms with Gasteiger partial charge < -0.3 is 18.9 Å². The number of hydrogen-bond donors (Lipinski definition) is 0. The zero-order chi connectivity index (χ0) is 20.2. The molecular weight excluding hydrogens is 401 g/mol. The monoisotopic (exact) mass is 419 g/mol. The van der Waals surface area contributed by atoms with Gasteiger partial charge in [0.25, 0.3) is 0 Å². The molecule has 0 unspecified atom stereocenters. The zero-order valence-corrected chi connectivity index (χ0v) is 16.4. The van der Waals surface area contributed by atoms with Crippen LogP contribution >= 0.6 is 11.8 Å². The summed E-state index contributed by atoms with van der Waals surface area (Å²) in [5, 5.41) is 0.766. The predicted octanol–water partition coefficient (Wildman–Crippen LogP) is 4.21. The normalized spacial score (nSPS) is 14.3. The van der Waals surface area contributed by atoms with Crippen molar-refractivity contribution >= 4 is 34.3 Å². The number of rotatable bonds is 7. The lowest BCUT2D eigenvalue weighted by molar-refractivity contribution is -0.0532. The van der Waals surface area contributed by atoms with Gasteiger partial charge in [-0.15, -0.1) is 0 Å². The third-order valence-electron chi connectivity index (χ3n) is 4.38. The van der Waals surface area contributed by atoms with Crippen LogP contribution in [0, 0.1) is 5.82 Å². The Labute approximate surface area is 172 Å². The number of halogens is 2. The fourth-order valence-corrected chi connectivity index (χ4v) is 3.12. The van der Waals surface area contributed by atoms with Crippen molar-refractivity contribution in [1.29, 1.82) is 0 Å². The van der Waals surface area contributed by atoms with Gasteiger partial charge in [-0.25, -0.2) is 18.8 Å². The van der Waals surface area contributed by atoms with Crippen molar-refractivity contribution in [3.05, 3.63) is 48.4 Å². The van der Waals surface area contributed by atoms with Crippen molar-refractivity contribution in [2.75, 3.05) is 31.3 Å². The Morgan fingerprint density at radius 1 is 1.17 bits per heavy atom. The molecule has 0 bridgehead atoms. The van der Waals surface area contributed by atoms with Crippen LogP contribution in [0.3, 0.4) is 0 Å². The molecule has 0 spiro atoms. The number of hydrogen-bond acceptors (Lipinski definition) is 7. The average molecular weight is 420 g/mol. The molecule has 3 aromatic rings. The van der Waals surface area contributed by atoms with E-state index < -0.39 is 0 Å². The average Bonchev–Trinajstić information content (AvgIpc) is 3.26. The van der Waals surface area contributed by atoms with Gasteiger partial charge in [-0.05, 0) is 30.3 Å². The van der Waals surface area contributed by atoms with Crippen molar-refractivity contribution in [2.45, 2.75) is 12.7 Å². The van der Waals surface area contributed by atoms with E-state index in [1.165, 1.54) is 16.6 Å². The Morgan fingerprint density at radius 2 is 1.93 bits per heavy atom. The number of benzene rings is 2. The molecule has 1 aromatic heterocycles. The maximum atomic E-state index is 13.1. The molecule has 2 aromatic carbocycles. The summed E-state index contributed by atoms with van der Waals surface area (Å²) >= 11 is 6.33. The van der Waals surface area contributed by atoms with Crippen molar-refractivity contribution < 1.29 is 23.3 Å². The topological polar surface area (TPSA) is 65.9 Å². The second-order valence-corrected chi connectivity index (χ2v) is 6.64. The Hall–Kier alpha value is -2.68. The minimum atomic E-state index is -0.346. The van der Waals surface area contributed by atoms with Gasteiger partial charge in [-0.2, -0.15) is 0 Å². The molecule has 2 heterocycles. The van der Waals surface area contributed by atoms with E-state index in [2.05, 4.69) is 9.97 Å². The van der Waals surface area contributed by atoms with Crippen LogP contribution in [0.5, 0.6) is 11.5 Å². The molecule has 1 aliphatic heterocycles. The number of methoxy groups -OCH3 is 1. The Bertz CT molecular complexity index is 983. The van der Waals surface area contributed by atoms with Gasteiger partial charge in [-0.1, -0.05) is 0 Å². The Balaban J connectivity index is 1.54. The van der Waals surface area contributed by atoms with Crippen LogP contribution in [0.1, 0.15) is 6.42 Å². The van der Waals surface area contributed by atoms with Gasteiger partial charge in [0.15, 0.2) is 17.8 Å². The van der Waals surface area contributed by atoms with Gasteiger partial charge in [0.05, 0.1) is 38.1 Å². The minimum absolute atomic E-state index is 0.228. The second kappa shape index (κ2) is 8.77. The predicted molar refractivity (Wildman–Crippen MR) is 106 cm³/mol. The largest absolute Gasteiger partial charge is 0.493 e. The van der Waals surface area contributed by atoms with Crippen LogP contribution in [0.2, 0.25) is 0 Å². The molecule has 0 amide bonds. The van der Waals surface area contributed by atoms with Crippen LogP contribution in [-0.4, -0.2) is 43.2 Å². The second-order valence-electron chi connectivity index (χ2n) is 6.30. The summed E-state index contributed by atoms with van der Waals surface area (Å²) in [5.41, 5.74) is 1.19. The number of nitrogens with zero attached hydrogens (tertiary/aromatic N) is 3. The summed E-state index contributed by atoms with van der Waals surface area (Å²) in [4.78, 5) is 8.78. The molecular formula is C20H19ClFN3O4. The minimum Gasteiger partial charge on any atom is -0.493 e. The van der Waals surface area contributed by atoms with Crippen LogP contribution in [0.25, 0.3) is 10.9 Å². The molecule has 9 heteroatoms. The van der Waals surface area contributed by atoms with E-state index in [1.807, 2.05) is 6.07 Å². The summed E-state index contributed by atoms with van der Waals surface area (Å²) in [7, 11) is 1.56. The zero-order valence-electron chi connectivity index (χ0n) is 15.7. The molecule has 0 aliphatic carbocycles. The number of ether oxygens (including phenoxy) is 4. The molecule has 1 fully saturated rings. The summed E-state index contributed by atoms with van der Waals surface area (Å²) in [5.74, 6) is 1.03. The molecule has 29 heavy (non-hydrogen) atoms. The first-order valence-corrected chi connectivity index (χ1v) is 9.40. The Morgan fingerprint density at radius 3 is 2.66 bits per heavy atom. The van der Waals surface area contributed by atoms with Crippen molar-refractivity contribution in [1.82, 2.24) is 9.97 Å². The highest BCUT2D eigenvalue weighted by atomic mass is 35.5. The van der Waals surface area contributed by atoms with E-state index in [1.54, 1.807) is 31.5 Å². The maximum Gasteiger partial charge on any atom is 0.245 e. The standard InChI is InChI=1S/C20H19ClFN3O4/c1-26-17-11-16-13(10-18(17)27-7-6-19-28-8-9-29-19)12-23-20(24-16)25(21)15-4-2-14(22)3-5-15/h2-5,10-12,19H,6-9H2,1H3. The van der Waals surface area contributed by atoms with E-state index in [4.69, 9.17) is 30.7 Å². The highest BCUT2D eigenvalue weighted by Crippen LogP contribution is 2.33. The van der Waals surface area contributed by atoms with Gasteiger partial charge in [0, 0.05) is 35.8 Å². The van der Waals surface area contributed by atoms with Crippen molar-refractivity contribution in [3.8, 4) is 11.5 Å². The summed E-state index contributed by atoms with van der Waals surface area (Å²) in [6, 6.07) is 9.30. The first-order chi connectivity index (χ1) is 14.1. The van der Waals surface area contributed by atoms with Crippen molar-refractivity contribution in [3.63, 3.8) is 0 Å². The molecule has 0 radical (unpaired) electrons. The number of anilines is 2. The van der Waals surface area contributed by atoms with E-state index in [0.29, 0.717) is 48.9 Å². The highest BCUT2D eigenvalue weighted by molar-refractivity contribution is 6.28. The molecule has 4 rings (SSSR count). The molecule has 7 nitrogen and oxygen atoms in total. The van der Waals surface area contributed by atoms with Crippen LogP contribution < -0.4 is 13.9 Å². The molecule has 1 aliphatic rings. The lowest BCUT2D eigenvalue weighted by Crippen LogP contribution is -2.13. The van der Waals surface area contributed by atoms with Crippen LogP contribution in [-0.2, 0) is 9.47 Å². The van der Waals surface area contributed by atoms with E-state index in [-0.39, 0.29) is 18.1 Å². The van der Waals surface area contributed by atoms with Gasteiger partial charge in [0.1, 0.15) is 5.82 Å². The SMILES string of the molecule is COc1cc2nc(N(Cl)c3ccc(F)cc3)ncc2cc1OCCC1OCCO1. The highest BCUT2D eigenvalue weighted by Gasteiger charge is 2.17. The quantitative estimate of drug-likeness (QED) is 0.531. The summed E-state index contributed by atoms with van der Waals surface area (Å²) in [6.07, 6.45) is 2.04.